The molecule has 0 radical (unpaired) electrons. The summed E-state index contributed by atoms with van der Waals surface area (Å²) in [5.41, 5.74) is 2.52. The van der Waals surface area contributed by atoms with Gasteiger partial charge in [-0.05, 0) is 49.1 Å². The van der Waals surface area contributed by atoms with Gasteiger partial charge in [0, 0.05) is 0 Å². The molecule has 0 heterocycles. The van der Waals surface area contributed by atoms with Crippen molar-refractivity contribution in [1.82, 2.24) is 5.32 Å². The van der Waals surface area contributed by atoms with Gasteiger partial charge in [0.2, 0.25) is 0 Å². The van der Waals surface area contributed by atoms with Crippen LogP contribution in [-0.4, -0.2) is 24.9 Å². The zero-order chi connectivity index (χ0) is 12.3. The van der Waals surface area contributed by atoms with Gasteiger partial charge >= 0.3 is 0 Å². The Balaban J connectivity index is 2.27. The molecule has 1 aromatic carbocycles. The van der Waals surface area contributed by atoms with Crippen LogP contribution in [-0.2, 0) is 6.42 Å². The Labute approximate surface area is 103 Å². The van der Waals surface area contributed by atoms with Crippen LogP contribution < -0.4 is 10.1 Å². The van der Waals surface area contributed by atoms with Crippen LogP contribution in [0.15, 0.2) is 18.2 Å². The van der Waals surface area contributed by atoms with Crippen LogP contribution >= 0.6 is 0 Å². The van der Waals surface area contributed by atoms with E-state index in [0.29, 0.717) is 0 Å². The van der Waals surface area contributed by atoms with Crippen LogP contribution in [0.4, 0.5) is 0 Å². The molecular weight excluding hydrogens is 214 g/mol. The standard InChI is InChI=1S/C14H21NO2/c1-3-8-15-14-12-9-11(17-2)6-4-10(12)5-7-13(14)16/h4,6,9,13-16H,3,5,7-8H2,1-2H3. The summed E-state index contributed by atoms with van der Waals surface area (Å²) in [4.78, 5) is 0. The third-order valence-electron chi connectivity index (χ3n) is 3.40. The second-order valence-corrected chi connectivity index (χ2v) is 4.60. The molecule has 1 aliphatic carbocycles. The van der Waals surface area contributed by atoms with Crippen molar-refractivity contribution >= 4 is 0 Å². The van der Waals surface area contributed by atoms with E-state index in [9.17, 15) is 5.11 Å². The first-order chi connectivity index (χ1) is 8.26. The van der Waals surface area contributed by atoms with Crippen LogP contribution in [0, 0.1) is 0 Å². The lowest BCUT2D eigenvalue weighted by Gasteiger charge is -2.31. The minimum atomic E-state index is -0.291. The van der Waals surface area contributed by atoms with Gasteiger partial charge in [-0.3, -0.25) is 0 Å². The van der Waals surface area contributed by atoms with E-state index in [1.807, 2.05) is 12.1 Å². The Morgan fingerprint density at radius 2 is 2.29 bits per heavy atom. The molecule has 94 valence electrons. The smallest absolute Gasteiger partial charge is 0.119 e. The molecule has 0 saturated carbocycles. The van der Waals surface area contributed by atoms with Gasteiger partial charge in [0.25, 0.3) is 0 Å². The summed E-state index contributed by atoms with van der Waals surface area (Å²) in [5, 5.41) is 13.5. The van der Waals surface area contributed by atoms with E-state index in [1.54, 1.807) is 7.11 Å². The summed E-state index contributed by atoms with van der Waals surface area (Å²) in [5.74, 6) is 0.862. The van der Waals surface area contributed by atoms with E-state index >= 15 is 0 Å². The lowest BCUT2D eigenvalue weighted by Crippen LogP contribution is -2.36. The molecular formula is C14H21NO2. The summed E-state index contributed by atoms with van der Waals surface area (Å²) in [6, 6.07) is 6.20. The maximum atomic E-state index is 10.1. The second-order valence-electron chi connectivity index (χ2n) is 4.60. The topological polar surface area (TPSA) is 41.5 Å². The lowest BCUT2D eigenvalue weighted by molar-refractivity contribution is 0.111. The number of hydrogen-bond donors (Lipinski definition) is 2. The highest BCUT2D eigenvalue weighted by Gasteiger charge is 2.27. The quantitative estimate of drug-likeness (QED) is 0.839. The highest BCUT2D eigenvalue weighted by molar-refractivity contribution is 5.40. The number of rotatable bonds is 4. The molecule has 2 atom stereocenters. The van der Waals surface area contributed by atoms with E-state index in [4.69, 9.17) is 4.74 Å². The number of ether oxygens (including phenoxy) is 1. The summed E-state index contributed by atoms with van der Waals surface area (Å²) < 4.78 is 5.26. The number of fused-ring (bicyclic) bond motifs is 1. The minimum absolute atomic E-state index is 0.0498. The number of hydrogen-bond acceptors (Lipinski definition) is 3. The fourth-order valence-electron chi connectivity index (χ4n) is 2.44. The molecule has 1 aromatic rings. The largest absolute Gasteiger partial charge is 0.497 e. The summed E-state index contributed by atoms with van der Waals surface area (Å²) in [6.45, 7) is 3.06. The molecule has 1 aliphatic rings. The maximum Gasteiger partial charge on any atom is 0.119 e. The van der Waals surface area contributed by atoms with E-state index in [2.05, 4.69) is 18.3 Å². The lowest BCUT2D eigenvalue weighted by atomic mass is 9.85. The zero-order valence-corrected chi connectivity index (χ0v) is 10.6. The summed E-state index contributed by atoms with van der Waals surface area (Å²) in [6.07, 6.45) is 2.56. The third kappa shape index (κ3) is 2.61. The fourth-order valence-corrected chi connectivity index (χ4v) is 2.44. The van der Waals surface area contributed by atoms with Crippen molar-refractivity contribution in [3.63, 3.8) is 0 Å². The van der Waals surface area contributed by atoms with E-state index in [1.165, 1.54) is 11.1 Å². The Morgan fingerprint density at radius 1 is 1.47 bits per heavy atom. The summed E-state index contributed by atoms with van der Waals surface area (Å²) in [7, 11) is 1.68. The van der Waals surface area contributed by atoms with E-state index < -0.39 is 0 Å². The normalized spacial score (nSPS) is 23.2. The molecule has 0 amide bonds. The average molecular weight is 235 g/mol. The predicted molar refractivity (Wildman–Crippen MR) is 68.4 cm³/mol. The Kier molecular flexibility index (Phi) is 4.02. The monoisotopic (exact) mass is 235 g/mol. The maximum absolute atomic E-state index is 10.1. The number of benzene rings is 1. The molecule has 2 unspecified atom stereocenters. The number of aliphatic hydroxyl groups excluding tert-OH is 1. The average Bonchev–Trinajstić information content (AvgIpc) is 2.37. The molecule has 0 fully saturated rings. The Bertz CT molecular complexity index is 378. The van der Waals surface area contributed by atoms with Crippen molar-refractivity contribution in [2.75, 3.05) is 13.7 Å². The molecule has 0 aliphatic heterocycles. The van der Waals surface area contributed by atoms with Gasteiger partial charge < -0.3 is 15.2 Å². The SMILES string of the molecule is CCCNC1c2cc(OC)ccc2CCC1O. The zero-order valence-electron chi connectivity index (χ0n) is 10.6. The molecule has 3 nitrogen and oxygen atoms in total. The van der Waals surface area contributed by atoms with E-state index in [0.717, 1.165) is 31.6 Å². The van der Waals surface area contributed by atoms with Crippen LogP contribution in [0.5, 0.6) is 5.75 Å². The van der Waals surface area contributed by atoms with Crippen molar-refractivity contribution in [2.24, 2.45) is 0 Å². The molecule has 0 spiro atoms. The highest BCUT2D eigenvalue weighted by atomic mass is 16.5. The van der Waals surface area contributed by atoms with Crippen molar-refractivity contribution in [1.29, 1.82) is 0 Å². The van der Waals surface area contributed by atoms with Crippen molar-refractivity contribution in [3.05, 3.63) is 29.3 Å². The third-order valence-corrected chi connectivity index (χ3v) is 3.40. The first-order valence-electron chi connectivity index (χ1n) is 6.34. The van der Waals surface area contributed by atoms with Gasteiger partial charge in [0.1, 0.15) is 5.75 Å². The molecule has 0 aromatic heterocycles. The molecule has 2 rings (SSSR count). The van der Waals surface area contributed by atoms with Gasteiger partial charge in [-0.25, -0.2) is 0 Å². The molecule has 17 heavy (non-hydrogen) atoms. The van der Waals surface area contributed by atoms with Crippen LogP contribution in [0.25, 0.3) is 0 Å². The first kappa shape index (κ1) is 12.4. The molecule has 3 heteroatoms. The summed E-state index contributed by atoms with van der Waals surface area (Å²) >= 11 is 0. The molecule has 2 N–H and O–H groups in total. The van der Waals surface area contributed by atoms with Crippen LogP contribution in [0.3, 0.4) is 0 Å². The highest BCUT2D eigenvalue weighted by Crippen LogP contribution is 2.32. The Hall–Kier alpha value is -1.06. The van der Waals surface area contributed by atoms with Crippen LogP contribution in [0.1, 0.15) is 36.9 Å². The molecule has 0 bridgehead atoms. The second kappa shape index (κ2) is 5.52. The van der Waals surface area contributed by atoms with Crippen molar-refractivity contribution in [3.8, 4) is 5.75 Å². The fraction of sp³-hybridized carbons (Fsp3) is 0.571. The first-order valence-corrected chi connectivity index (χ1v) is 6.34. The molecule has 0 saturated heterocycles. The van der Waals surface area contributed by atoms with Gasteiger partial charge in [-0.15, -0.1) is 0 Å². The van der Waals surface area contributed by atoms with Gasteiger partial charge in [-0.2, -0.15) is 0 Å². The number of methoxy groups -OCH3 is 1. The van der Waals surface area contributed by atoms with Gasteiger partial charge in [0.15, 0.2) is 0 Å². The van der Waals surface area contributed by atoms with Gasteiger partial charge in [0.05, 0.1) is 19.3 Å². The number of nitrogens with one attached hydrogen (secondary N) is 1. The predicted octanol–water partition coefficient (Wildman–Crippen LogP) is 2.04. The van der Waals surface area contributed by atoms with Crippen LogP contribution in [0.2, 0.25) is 0 Å². The number of aryl methyl sites for hydroxylation is 1. The van der Waals surface area contributed by atoms with Crippen molar-refractivity contribution < 1.29 is 9.84 Å². The minimum Gasteiger partial charge on any atom is -0.497 e. The van der Waals surface area contributed by atoms with E-state index in [-0.39, 0.29) is 12.1 Å². The van der Waals surface area contributed by atoms with Crippen molar-refractivity contribution in [2.45, 2.75) is 38.3 Å². The number of aliphatic hydroxyl groups is 1. The Morgan fingerprint density at radius 3 is 3.00 bits per heavy atom. The van der Waals surface area contributed by atoms with Gasteiger partial charge in [-0.1, -0.05) is 13.0 Å².